The molecule has 0 saturated heterocycles. The Balaban J connectivity index is 1.66. The van der Waals surface area contributed by atoms with Gasteiger partial charge in [-0.1, -0.05) is 47.5 Å². The normalized spacial score (nSPS) is 11.1. The van der Waals surface area contributed by atoms with E-state index in [0.29, 0.717) is 25.4 Å². The van der Waals surface area contributed by atoms with Crippen molar-refractivity contribution in [2.75, 3.05) is 11.1 Å². The number of halogens is 3. The summed E-state index contributed by atoms with van der Waals surface area (Å²) in [6.45, 7) is 1.96. The zero-order chi connectivity index (χ0) is 24.7. The molecule has 1 amide bonds. The second-order valence-electron chi connectivity index (χ2n) is 8.01. The Bertz CT molecular complexity index is 1580. The summed E-state index contributed by atoms with van der Waals surface area (Å²) in [5, 5.41) is 5.05. The van der Waals surface area contributed by atoms with Gasteiger partial charge in [-0.3, -0.25) is 4.79 Å². The van der Waals surface area contributed by atoms with Crippen molar-refractivity contribution in [3.8, 4) is 22.4 Å². The van der Waals surface area contributed by atoms with E-state index >= 15 is 0 Å². The molecule has 3 N–H and O–H groups in total. The number of nitrogens with zero attached hydrogens (tertiary/aromatic N) is 1. The lowest BCUT2D eigenvalue weighted by Gasteiger charge is -2.10. The van der Waals surface area contributed by atoms with Crippen molar-refractivity contribution in [2.24, 2.45) is 0 Å². The molecule has 0 aliphatic heterocycles. The number of thiophene rings is 1. The predicted octanol–water partition coefficient (Wildman–Crippen LogP) is 8.68. The largest absolute Gasteiger partial charge is 0.397 e. The molecule has 3 aromatic carbocycles. The molecule has 0 unspecified atom stereocenters. The smallest absolute Gasteiger partial charge is 0.267 e. The molecule has 2 heterocycles. The standard InChI is InChI=1S/C27H18Cl2IN3OS/c1-14-12-19(30)10-11-21(14)32-26(34)25-24(31)23-20(15-2-6-17(28)7-3-15)13-22(33-27(23)35-25)16-4-8-18(29)9-5-16/h2-13H,31H2,1H3,(H,32,34). The number of carbonyl (C=O) groups excluding carboxylic acids is 1. The SMILES string of the molecule is Cc1cc(I)ccc1NC(=O)c1sc2nc(-c3ccc(Cl)cc3)cc(-c3ccc(Cl)cc3)c2c1N. The van der Waals surface area contributed by atoms with Crippen molar-refractivity contribution in [2.45, 2.75) is 6.92 Å². The summed E-state index contributed by atoms with van der Waals surface area (Å²) in [5.41, 5.74) is 12.2. The Hall–Kier alpha value is -2.65. The van der Waals surface area contributed by atoms with Gasteiger partial charge in [0.15, 0.2) is 0 Å². The number of rotatable bonds is 4. The molecule has 0 radical (unpaired) electrons. The summed E-state index contributed by atoms with van der Waals surface area (Å²) in [6.07, 6.45) is 0. The first-order chi connectivity index (χ1) is 16.8. The van der Waals surface area contributed by atoms with E-state index in [2.05, 4.69) is 27.9 Å². The van der Waals surface area contributed by atoms with Crippen LogP contribution in [0.15, 0.2) is 72.8 Å². The molecule has 0 aliphatic carbocycles. The van der Waals surface area contributed by atoms with Crippen LogP contribution in [0.3, 0.4) is 0 Å². The summed E-state index contributed by atoms with van der Waals surface area (Å²) < 4.78 is 1.10. The molecule has 5 aromatic rings. The number of aryl methyl sites for hydroxylation is 1. The summed E-state index contributed by atoms with van der Waals surface area (Å²) >= 11 is 15.8. The highest BCUT2D eigenvalue weighted by Crippen LogP contribution is 2.42. The van der Waals surface area contributed by atoms with Crippen LogP contribution in [0.4, 0.5) is 11.4 Å². The maximum Gasteiger partial charge on any atom is 0.267 e. The van der Waals surface area contributed by atoms with E-state index in [1.165, 1.54) is 11.3 Å². The Morgan fingerprint density at radius 3 is 2.20 bits per heavy atom. The molecule has 35 heavy (non-hydrogen) atoms. The number of pyridine rings is 1. The topological polar surface area (TPSA) is 68.0 Å². The number of aromatic nitrogens is 1. The van der Waals surface area contributed by atoms with Gasteiger partial charge in [-0.25, -0.2) is 4.98 Å². The van der Waals surface area contributed by atoms with Gasteiger partial charge in [0.25, 0.3) is 5.91 Å². The number of nitrogens with one attached hydrogen (secondary N) is 1. The first-order valence-electron chi connectivity index (χ1n) is 10.6. The number of hydrogen-bond donors (Lipinski definition) is 2. The number of amides is 1. The third kappa shape index (κ3) is 4.89. The lowest BCUT2D eigenvalue weighted by Crippen LogP contribution is -2.12. The van der Waals surface area contributed by atoms with Crippen LogP contribution in [-0.4, -0.2) is 10.9 Å². The minimum atomic E-state index is -0.259. The Morgan fingerprint density at radius 1 is 0.943 bits per heavy atom. The molecular weight excluding hydrogens is 612 g/mol. The molecule has 5 rings (SSSR count). The zero-order valence-corrected chi connectivity index (χ0v) is 22.9. The van der Waals surface area contributed by atoms with Crippen LogP contribution in [0.25, 0.3) is 32.6 Å². The van der Waals surface area contributed by atoms with Gasteiger partial charge in [0.2, 0.25) is 0 Å². The molecule has 2 aromatic heterocycles. The summed E-state index contributed by atoms with van der Waals surface area (Å²) in [6, 6.07) is 22.9. The average Bonchev–Trinajstić information content (AvgIpc) is 3.18. The first-order valence-corrected chi connectivity index (χ1v) is 13.3. The molecule has 0 fully saturated rings. The molecular formula is C27H18Cl2IN3OS. The van der Waals surface area contributed by atoms with Crippen molar-refractivity contribution in [3.05, 3.63) is 96.9 Å². The molecule has 8 heteroatoms. The van der Waals surface area contributed by atoms with Gasteiger partial charge in [0.1, 0.15) is 9.71 Å². The van der Waals surface area contributed by atoms with Crippen molar-refractivity contribution in [3.63, 3.8) is 0 Å². The quantitative estimate of drug-likeness (QED) is 0.195. The summed E-state index contributed by atoms with van der Waals surface area (Å²) in [4.78, 5) is 19.3. The van der Waals surface area contributed by atoms with Crippen LogP contribution in [0.5, 0.6) is 0 Å². The highest BCUT2D eigenvalue weighted by Gasteiger charge is 2.22. The van der Waals surface area contributed by atoms with E-state index in [1.54, 1.807) is 0 Å². The van der Waals surface area contributed by atoms with E-state index in [9.17, 15) is 4.79 Å². The van der Waals surface area contributed by atoms with E-state index in [-0.39, 0.29) is 5.91 Å². The van der Waals surface area contributed by atoms with Crippen LogP contribution in [0.2, 0.25) is 10.0 Å². The molecule has 0 saturated carbocycles. The lowest BCUT2D eigenvalue weighted by atomic mass is 9.99. The zero-order valence-electron chi connectivity index (χ0n) is 18.4. The minimum absolute atomic E-state index is 0.259. The third-order valence-corrected chi connectivity index (χ3v) is 7.91. The van der Waals surface area contributed by atoms with Gasteiger partial charge >= 0.3 is 0 Å². The molecule has 0 atom stereocenters. The molecule has 0 spiro atoms. The fourth-order valence-corrected chi connectivity index (χ4v) is 5.78. The van der Waals surface area contributed by atoms with Gasteiger partial charge in [0.05, 0.1) is 11.4 Å². The number of fused-ring (bicyclic) bond motifs is 1. The van der Waals surface area contributed by atoms with Gasteiger partial charge in [0, 0.05) is 30.3 Å². The number of benzene rings is 3. The fraction of sp³-hybridized carbons (Fsp3) is 0.0370. The van der Waals surface area contributed by atoms with E-state index < -0.39 is 0 Å². The first kappa shape index (κ1) is 24.1. The molecule has 0 bridgehead atoms. The minimum Gasteiger partial charge on any atom is -0.397 e. The van der Waals surface area contributed by atoms with Crippen LogP contribution >= 0.6 is 57.1 Å². The fourth-order valence-electron chi connectivity index (χ4n) is 3.86. The van der Waals surface area contributed by atoms with Crippen molar-refractivity contribution in [1.82, 2.24) is 4.98 Å². The Labute approximate surface area is 230 Å². The van der Waals surface area contributed by atoms with Crippen molar-refractivity contribution < 1.29 is 4.79 Å². The second-order valence-corrected chi connectivity index (χ2v) is 11.1. The second kappa shape index (κ2) is 9.78. The number of hydrogen-bond acceptors (Lipinski definition) is 4. The van der Waals surface area contributed by atoms with Crippen LogP contribution in [-0.2, 0) is 0 Å². The van der Waals surface area contributed by atoms with E-state index in [0.717, 1.165) is 42.6 Å². The average molecular weight is 630 g/mol. The summed E-state index contributed by atoms with van der Waals surface area (Å²) in [5.74, 6) is -0.259. The van der Waals surface area contributed by atoms with Gasteiger partial charge in [-0.15, -0.1) is 11.3 Å². The van der Waals surface area contributed by atoms with Gasteiger partial charge < -0.3 is 11.1 Å². The Kier molecular flexibility index (Phi) is 6.72. The van der Waals surface area contributed by atoms with Crippen LogP contribution < -0.4 is 11.1 Å². The lowest BCUT2D eigenvalue weighted by molar-refractivity contribution is 0.103. The predicted molar refractivity (Wildman–Crippen MR) is 157 cm³/mol. The van der Waals surface area contributed by atoms with Gasteiger partial charge in [-0.2, -0.15) is 0 Å². The Morgan fingerprint density at radius 2 is 1.57 bits per heavy atom. The number of carbonyl (C=O) groups is 1. The van der Waals surface area contributed by atoms with Crippen molar-refractivity contribution in [1.29, 1.82) is 0 Å². The summed E-state index contributed by atoms with van der Waals surface area (Å²) in [7, 11) is 0. The molecule has 4 nitrogen and oxygen atoms in total. The van der Waals surface area contributed by atoms with Gasteiger partial charge in [-0.05, 0) is 94.7 Å². The highest BCUT2D eigenvalue weighted by atomic mass is 127. The number of anilines is 2. The van der Waals surface area contributed by atoms with E-state index in [4.69, 9.17) is 33.9 Å². The van der Waals surface area contributed by atoms with Crippen LogP contribution in [0.1, 0.15) is 15.2 Å². The monoisotopic (exact) mass is 629 g/mol. The van der Waals surface area contributed by atoms with Crippen molar-refractivity contribution >= 4 is 84.6 Å². The van der Waals surface area contributed by atoms with E-state index in [1.807, 2.05) is 79.7 Å². The molecule has 174 valence electrons. The van der Waals surface area contributed by atoms with Crippen LogP contribution in [0, 0.1) is 10.5 Å². The highest BCUT2D eigenvalue weighted by molar-refractivity contribution is 14.1. The maximum absolute atomic E-state index is 13.3. The third-order valence-electron chi connectivity index (χ3n) is 5.64. The number of nitrogens with two attached hydrogens (primary N) is 1. The molecule has 0 aliphatic rings. The number of nitrogen functional groups attached to an aromatic ring is 1. The maximum atomic E-state index is 13.3.